The van der Waals surface area contributed by atoms with Crippen LogP contribution in [0.2, 0.25) is 0 Å². The van der Waals surface area contributed by atoms with Crippen LogP contribution in [0, 0.1) is 0 Å². The molecule has 12 heteroatoms. The monoisotopic (exact) mass is 414 g/mol. The van der Waals surface area contributed by atoms with Crippen molar-refractivity contribution in [2.24, 2.45) is 10.7 Å². The number of primary amides is 1. The molecule has 0 atom stereocenters. The molecule has 1 amide bonds. The van der Waals surface area contributed by atoms with E-state index in [0.29, 0.717) is 24.2 Å². The van der Waals surface area contributed by atoms with Crippen LogP contribution in [0.5, 0.6) is 0 Å². The van der Waals surface area contributed by atoms with Gasteiger partial charge in [-0.25, -0.2) is 24.6 Å². The Morgan fingerprint density at radius 1 is 1.20 bits per heavy atom. The van der Waals surface area contributed by atoms with Gasteiger partial charge < -0.3 is 5.73 Å². The van der Waals surface area contributed by atoms with E-state index in [-0.39, 0.29) is 22.7 Å². The van der Waals surface area contributed by atoms with Gasteiger partial charge in [0.15, 0.2) is 5.82 Å². The second kappa shape index (κ2) is 7.46. The minimum Gasteiger partial charge on any atom is -0.366 e. The largest absolute Gasteiger partial charge is 0.433 e. The summed E-state index contributed by atoms with van der Waals surface area (Å²) >= 11 is 0. The molecule has 0 saturated heterocycles. The number of pyridine rings is 1. The number of amides is 1. The fraction of sp³-hybridized carbons (Fsp3) is 0.167. The number of rotatable bonds is 5. The molecule has 9 nitrogen and oxygen atoms in total. The van der Waals surface area contributed by atoms with E-state index in [0.717, 1.165) is 6.07 Å². The van der Waals surface area contributed by atoms with E-state index in [2.05, 4.69) is 30.0 Å². The topological polar surface area (TPSA) is 125 Å². The molecule has 0 fully saturated rings. The van der Waals surface area contributed by atoms with E-state index < -0.39 is 17.8 Å². The fourth-order valence-electron chi connectivity index (χ4n) is 2.71. The van der Waals surface area contributed by atoms with Crippen molar-refractivity contribution in [1.29, 1.82) is 0 Å². The molecular weight excluding hydrogens is 401 g/mol. The fourth-order valence-corrected chi connectivity index (χ4v) is 2.71. The molecule has 0 aromatic carbocycles. The first-order valence-electron chi connectivity index (χ1n) is 8.63. The van der Waals surface area contributed by atoms with Gasteiger partial charge in [-0.3, -0.25) is 9.79 Å². The molecular formula is C18H13F3N8O. The molecule has 1 aliphatic heterocycles. The molecule has 0 radical (unpaired) electrons. The Hall–Kier alpha value is -3.96. The van der Waals surface area contributed by atoms with Crippen molar-refractivity contribution in [3.8, 4) is 11.4 Å². The predicted octanol–water partition coefficient (Wildman–Crippen LogP) is 1.83. The zero-order chi connectivity index (χ0) is 21.3. The van der Waals surface area contributed by atoms with E-state index in [1.54, 1.807) is 0 Å². The van der Waals surface area contributed by atoms with Crippen LogP contribution in [0.4, 0.5) is 13.2 Å². The van der Waals surface area contributed by atoms with E-state index >= 15 is 0 Å². The molecule has 0 unspecified atom stereocenters. The van der Waals surface area contributed by atoms with E-state index in [9.17, 15) is 18.0 Å². The number of hydrogen-bond donors (Lipinski definition) is 1. The minimum absolute atomic E-state index is 0.0217. The third-order valence-electron chi connectivity index (χ3n) is 4.23. The maximum atomic E-state index is 13.3. The van der Waals surface area contributed by atoms with Crippen molar-refractivity contribution in [2.45, 2.75) is 12.6 Å². The molecule has 2 N–H and O–H groups in total. The van der Waals surface area contributed by atoms with Crippen LogP contribution >= 0.6 is 0 Å². The standard InChI is InChI=1S/C18H13F3N8O/c19-18(20,21)15-4-10(3-14(27-15)13-1-2-25-13)17-26-9-29(28-17)7-12(16(22)30)11-5-23-8-24-6-11/h3-9H,1-2H2,(H2,22,30)/b12-7+. The van der Waals surface area contributed by atoms with Gasteiger partial charge in [-0.15, -0.1) is 5.10 Å². The van der Waals surface area contributed by atoms with Crippen molar-refractivity contribution < 1.29 is 18.0 Å². The number of aliphatic imine (C=N–C) groups is 1. The molecule has 0 spiro atoms. The van der Waals surface area contributed by atoms with Gasteiger partial charge >= 0.3 is 6.18 Å². The summed E-state index contributed by atoms with van der Waals surface area (Å²) in [5, 5.41) is 4.14. The highest BCUT2D eigenvalue weighted by Gasteiger charge is 2.34. The Labute approximate surface area is 167 Å². The highest BCUT2D eigenvalue weighted by Crippen LogP contribution is 2.31. The van der Waals surface area contributed by atoms with Crippen LogP contribution in [0.1, 0.15) is 23.4 Å². The smallest absolute Gasteiger partial charge is 0.366 e. The summed E-state index contributed by atoms with van der Waals surface area (Å²) < 4.78 is 41.0. The van der Waals surface area contributed by atoms with Crippen molar-refractivity contribution in [2.75, 3.05) is 6.54 Å². The van der Waals surface area contributed by atoms with Crippen molar-refractivity contribution in [3.05, 3.63) is 54.1 Å². The van der Waals surface area contributed by atoms with Crippen molar-refractivity contribution in [1.82, 2.24) is 29.7 Å². The average molecular weight is 414 g/mol. The predicted molar refractivity (Wildman–Crippen MR) is 99.7 cm³/mol. The SMILES string of the molecule is NC(=O)/C(=C/n1cnc(-c2cc(C3=NCC3)nc(C(F)(F)F)c2)n1)c1cncnc1. The Morgan fingerprint density at radius 3 is 2.53 bits per heavy atom. The molecule has 1 aliphatic rings. The minimum atomic E-state index is -4.63. The maximum absolute atomic E-state index is 13.3. The van der Waals surface area contributed by atoms with Gasteiger partial charge in [0.05, 0.1) is 17.0 Å². The molecule has 4 heterocycles. The molecule has 3 aromatic rings. The summed E-state index contributed by atoms with van der Waals surface area (Å²) in [5.41, 5.74) is 5.52. The van der Waals surface area contributed by atoms with Gasteiger partial charge in [-0.05, 0) is 12.1 Å². The van der Waals surface area contributed by atoms with E-state index in [4.69, 9.17) is 5.73 Å². The Balaban J connectivity index is 1.74. The van der Waals surface area contributed by atoms with Crippen molar-refractivity contribution in [3.63, 3.8) is 0 Å². The molecule has 0 bridgehead atoms. The molecule has 152 valence electrons. The zero-order valence-electron chi connectivity index (χ0n) is 15.2. The van der Waals surface area contributed by atoms with Gasteiger partial charge in [0.1, 0.15) is 18.3 Å². The van der Waals surface area contributed by atoms with E-state index in [1.807, 2.05) is 0 Å². The van der Waals surface area contributed by atoms with Crippen LogP contribution in [-0.4, -0.2) is 47.9 Å². The number of halogens is 3. The molecule has 4 rings (SSSR count). The first-order valence-corrected chi connectivity index (χ1v) is 8.63. The number of hydrogen-bond acceptors (Lipinski definition) is 7. The zero-order valence-corrected chi connectivity index (χ0v) is 15.2. The first-order chi connectivity index (χ1) is 14.3. The lowest BCUT2D eigenvalue weighted by Gasteiger charge is -2.15. The normalized spacial score (nSPS) is 14.2. The van der Waals surface area contributed by atoms with Crippen LogP contribution < -0.4 is 5.73 Å². The molecule has 3 aromatic heterocycles. The van der Waals surface area contributed by atoms with E-state index in [1.165, 1.54) is 42.0 Å². The van der Waals surface area contributed by atoms with Gasteiger partial charge in [-0.2, -0.15) is 13.2 Å². The second-order valence-corrected chi connectivity index (χ2v) is 6.28. The summed E-state index contributed by atoms with van der Waals surface area (Å²) in [6.07, 6.45) is 2.54. The third kappa shape index (κ3) is 3.92. The summed E-state index contributed by atoms with van der Waals surface area (Å²) in [6.45, 7) is 0.555. The number of carbonyl (C=O) groups excluding carboxylic acids is 1. The third-order valence-corrected chi connectivity index (χ3v) is 4.23. The number of aromatic nitrogens is 6. The summed E-state index contributed by atoms with van der Waals surface area (Å²) in [7, 11) is 0. The summed E-state index contributed by atoms with van der Waals surface area (Å²) in [4.78, 5) is 31.2. The number of nitrogens with two attached hydrogens (primary N) is 1. The quantitative estimate of drug-likeness (QED) is 0.635. The van der Waals surface area contributed by atoms with Gasteiger partial charge in [0.2, 0.25) is 0 Å². The van der Waals surface area contributed by atoms with Gasteiger partial charge in [0, 0.05) is 42.7 Å². The van der Waals surface area contributed by atoms with Gasteiger partial charge in [-0.1, -0.05) is 0 Å². The Morgan fingerprint density at radius 2 is 1.93 bits per heavy atom. The number of nitrogens with zero attached hydrogens (tertiary/aromatic N) is 7. The molecule has 0 saturated carbocycles. The molecule has 30 heavy (non-hydrogen) atoms. The summed E-state index contributed by atoms with van der Waals surface area (Å²) in [5.74, 6) is -0.733. The second-order valence-electron chi connectivity index (χ2n) is 6.28. The van der Waals surface area contributed by atoms with Crippen LogP contribution in [0.3, 0.4) is 0 Å². The molecule has 0 aliphatic carbocycles. The highest BCUT2D eigenvalue weighted by molar-refractivity contribution is 6.22. The van der Waals surface area contributed by atoms with Crippen LogP contribution in [0.25, 0.3) is 23.2 Å². The lowest BCUT2D eigenvalue weighted by molar-refractivity contribution is -0.141. The van der Waals surface area contributed by atoms with Crippen molar-refractivity contribution >= 4 is 23.4 Å². The van der Waals surface area contributed by atoms with Crippen LogP contribution in [-0.2, 0) is 11.0 Å². The van der Waals surface area contributed by atoms with Crippen LogP contribution in [0.15, 0.2) is 42.2 Å². The maximum Gasteiger partial charge on any atom is 0.433 e. The number of alkyl halides is 3. The lowest BCUT2D eigenvalue weighted by Crippen LogP contribution is -2.18. The lowest BCUT2D eigenvalue weighted by atomic mass is 10.1. The Bertz CT molecular complexity index is 1170. The average Bonchev–Trinajstić information content (AvgIpc) is 3.13. The Kier molecular flexibility index (Phi) is 4.82. The van der Waals surface area contributed by atoms with Gasteiger partial charge in [0.25, 0.3) is 5.91 Å². The first kappa shape index (κ1) is 19.4. The highest BCUT2D eigenvalue weighted by atomic mass is 19.4. The number of carbonyl (C=O) groups is 1. The summed E-state index contributed by atoms with van der Waals surface area (Å²) in [6, 6.07) is 2.32.